The molecule has 2 heterocycles. The number of amides is 1. The van der Waals surface area contributed by atoms with Crippen LogP contribution in [0.2, 0.25) is 0 Å². The van der Waals surface area contributed by atoms with Gasteiger partial charge in [-0.05, 0) is 42.8 Å². The van der Waals surface area contributed by atoms with Crippen LogP contribution in [0.5, 0.6) is 0 Å². The topological polar surface area (TPSA) is 104 Å². The Balaban J connectivity index is 2.29. The predicted octanol–water partition coefficient (Wildman–Crippen LogP) is 3.15. The number of carbonyl (C=O) groups excluding carboxylic acids is 1. The molecule has 0 unspecified atom stereocenters. The zero-order valence-electron chi connectivity index (χ0n) is 13.4. The van der Waals surface area contributed by atoms with Gasteiger partial charge in [0.15, 0.2) is 5.82 Å². The van der Waals surface area contributed by atoms with Crippen molar-refractivity contribution in [3.63, 3.8) is 0 Å². The Labute approximate surface area is 147 Å². The average molecular weight is 394 g/mol. The first-order valence-corrected chi connectivity index (χ1v) is 7.78. The van der Waals surface area contributed by atoms with Crippen molar-refractivity contribution >= 4 is 27.8 Å². The van der Waals surface area contributed by atoms with E-state index in [-0.39, 0.29) is 12.4 Å². The van der Waals surface area contributed by atoms with Gasteiger partial charge in [0.05, 0.1) is 23.5 Å². The highest BCUT2D eigenvalue weighted by atomic mass is 79.9. The van der Waals surface area contributed by atoms with Gasteiger partial charge in [0.1, 0.15) is 11.7 Å². The van der Waals surface area contributed by atoms with E-state index in [0.717, 1.165) is 5.56 Å². The smallest absolute Gasteiger partial charge is 0.426 e. The maximum absolute atomic E-state index is 12.1. The van der Waals surface area contributed by atoms with Crippen molar-refractivity contribution in [3.05, 3.63) is 40.7 Å². The summed E-state index contributed by atoms with van der Waals surface area (Å²) in [4.78, 5) is 20.1. The van der Waals surface area contributed by atoms with Crippen molar-refractivity contribution < 1.29 is 13.9 Å². The molecule has 0 aromatic carbocycles. The maximum atomic E-state index is 12.1. The van der Waals surface area contributed by atoms with E-state index in [0.29, 0.717) is 10.3 Å². The van der Waals surface area contributed by atoms with Gasteiger partial charge in [0.25, 0.3) is 0 Å². The van der Waals surface area contributed by atoms with E-state index in [1.54, 1.807) is 33.1 Å². The van der Waals surface area contributed by atoms with Crippen molar-refractivity contribution in [1.29, 1.82) is 5.26 Å². The second-order valence-electron chi connectivity index (χ2n) is 5.81. The molecule has 24 heavy (non-hydrogen) atoms. The van der Waals surface area contributed by atoms with Crippen LogP contribution < -0.4 is 10.4 Å². The van der Waals surface area contributed by atoms with Gasteiger partial charge < -0.3 is 9.15 Å². The van der Waals surface area contributed by atoms with Gasteiger partial charge >= 0.3 is 6.09 Å². The van der Waals surface area contributed by atoms with E-state index in [9.17, 15) is 4.79 Å². The SMILES string of the molecule is CC(C)(C)OC(=O)NN(Cc1ccoc1)c1nc(C#N)ncc1Br. The Morgan fingerprint density at radius 1 is 1.54 bits per heavy atom. The van der Waals surface area contributed by atoms with Gasteiger partial charge in [0, 0.05) is 11.8 Å². The number of ether oxygens (including phenoxy) is 1. The molecule has 0 saturated carbocycles. The molecule has 0 aliphatic rings. The summed E-state index contributed by atoms with van der Waals surface area (Å²) < 4.78 is 10.8. The molecule has 2 rings (SSSR count). The zero-order valence-corrected chi connectivity index (χ0v) is 15.0. The lowest BCUT2D eigenvalue weighted by Gasteiger charge is -2.27. The van der Waals surface area contributed by atoms with E-state index < -0.39 is 11.7 Å². The summed E-state index contributed by atoms with van der Waals surface area (Å²) in [5.74, 6) is 0.310. The normalized spacial score (nSPS) is 10.8. The third-order valence-corrected chi connectivity index (χ3v) is 3.19. The minimum Gasteiger partial charge on any atom is -0.472 e. The molecular weight excluding hydrogens is 378 g/mol. The number of hydrazine groups is 1. The molecule has 0 bridgehead atoms. The summed E-state index contributed by atoms with van der Waals surface area (Å²) in [6.45, 7) is 5.56. The minimum atomic E-state index is -0.647. The molecule has 1 N–H and O–H groups in total. The number of hydrogen-bond acceptors (Lipinski definition) is 7. The quantitative estimate of drug-likeness (QED) is 0.795. The highest BCUT2D eigenvalue weighted by molar-refractivity contribution is 9.10. The molecule has 0 aliphatic heterocycles. The fraction of sp³-hybridized carbons (Fsp3) is 0.333. The molecule has 8 nitrogen and oxygen atoms in total. The number of aromatic nitrogens is 2. The molecule has 126 valence electrons. The van der Waals surface area contributed by atoms with Gasteiger partial charge in [-0.1, -0.05) is 0 Å². The third kappa shape index (κ3) is 4.96. The number of furan rings is 1. The van der Waals surface area contributed by atoms with Crippen LogP contribution in [0.3, 0.4) is 0 Å². The van der Waals surface area contributed by atoms with Crippen LogP contribution in [0.1, 0.15) is 32.2 Å². The predicted molar refractivity (Wildman–Crippen MR) is 88.7 cm³/mol. The summed E-state index contributed by atoms with van der Waals surface area (Å²) in [5.41, 5.74) is 2.78. The molecule has 0 spiro atoms. The monoisotopic (exact) mass is 393 g/mol. The van der Waals surface area contributed by atoms with Crippen molar-refractivity contribution in [2.24, 2.45) is 0 Å². The van der Waals surface area contributed by atoms with Crippen LogP contribution in [-0.2, 0) is 11.3 Å². The number of nitrogens with zero attached hydrogens (tertiary/aromatic N) is 4. The van der Waals surface area contributed by atoms with E-state index in [1.165, 1.54) is 17.5 Å². The van der Waals surface area contributed by atoms with Gasteiger partial charge in [-0.2, -0.15) is 10.2 Å². The molecule has 0 aliphatic carbocycles. The molecule has 2 aromatic heterocycles. The van der Waals surface area contributed by atoms with E-state index >= 15 is 0 Å². The Morgan fingerprint density at radius 2 is 2.29 bits per heavy atom. The second-order valence-corrected chi connectivity index (χ2v) is 6.66. The maximum Gasteiger partial charge on any atom is 0.426 e. The fourth-order valence-electron chi connectivity index (χ4n) is 1.74. The van der Waals surface area contributed by atoms with Gasteiger partial charge in [-0.15, -0.1) is 0 Å². The molecule has 0 radical (unpaired) electrons. The lowest BCUT2D eigenvalue weighted by molar-refractivity contribution is 0.0519. The van der Waals surface area contributed by atoms with Crippen LogP contribution in [0.15, 0.2) is 33.7 Å². The second kappa shape index (κ2) is 7.31. The van der Waals surface area contributed by atoms with Crippen molar-refractivity contribution in [1.82, 2.24) is 15.4 Å². The molecule has 9 heteroatoms. The fourth-order valence-corrected chi connectivity index (χ4v) is 2.15. The summed E-state index contributed by atoms with van der Waals surface area (Å²) in [7, 11) is 0. The number of rotatable bonds is 4. The lowest BCUT2D eigenvalue weighted by Crippen LogP contribution is -2.45. The van der Waals surface area contributed by atoms with Crippen LogP contribution >= 0.6 is 15.9 Å². The van der Waals surface area contributed by atoms with E-state index in [1.807, 2.05) is 6.07 Å². The van der Waals surface area contributed by atoms with Crippen molar-refractivity contribution in [2.45, 2.75) is 32.9 Å². The highest BCUT2D eigenvalue weighted by Gasteiger charge is 2.21. The molecule has 0 saturated heterocycles. The summed E-state index contributed by atoms with van der Waals surface area (Å²) >= 11 is 3.32. The molecule has 2 aromatic rings. The van der Waals surface area contributed by atoms with E-state index in [2.05, 4.69) is 31.3 Å². The standard InChI is InChI=1S/C15H16BrN5O3/c1-15(2,3)24-14(22)20-21(8-10-4-5-23-9-10)13-11(16)7-18-12(6-17)19-13/h4-5,7,9H,8H2,1-3H3,(H,20,22). The lowest BCUT2D eigenvalue weighted by atomic mass is 10.2. The first kappa shape index (κ1) is 17.7. The molecule has 1 amide bonds. The molecular formula is C15H16BrN5O3. The third-order valence-electron chi connectivity index (χ3n) is 2.63. The number of anilines is 1. The summed E-state index contributed by atoms with van der Waals surface area (Å²) in [6, 6.07) is 3.62. The summed E-state index contributed by atoms with van der Waals surface area (Å²) in [6.07, 6.45) is 3.87. The molecule has 0 atom stereocenters. The van der Waals surface area contributed by atoms with Gasteiger partial charge in [-0.3, -0.25) is 5.01 Å². The van der Waals surface area contributed by atoms with Crippen molar-refractivity contribution in [3.8, 4) is 6.07 Å². The number of carbonyl (C=O) groups is 1. The Hall–Kier alpha value is -2.60. The highest BCUT2D eigenvalue weighted by Crippen LogP contribution is 2.23. The van der Waals surface area contributed by atoms with Crippen LogP contribution in [-0.4, -0.2) is 21.7 Å². The Morgan fingerprint density at radius 3 is 2.88 bits per heavy atom. The largest absolute Gasteiger partial charge is 0.472 e. The van der Waals surface area contributed by atoms with Gasteiger partial charge in [0.2, 0.25) is 5.82 Å². The number of nitrogens with one attached hydrogen (secondary N) is 1. The Bertz CT molecular complexity index is 749. The molecule has 0 fully saturated rings. The van der Waals surface area contributed by atoms with Gasteiger partial charge in [-0.25, -0.2) is 15.2 Å². The van der Waals surface area contributed by atoms with Crippen LogP contribution in [0.25, 0.3) is 0 Å². The number of hydrogen-bond donors (Lipinski definition) is 1. The van der Waals surface area contributed by atoms with Crippen LogP contribution in [0, 0.1) is 11.3 Å². The zero-order chi connectivity index (χ0) is 17.7. The van der Waals surface area contributed by atoms with Crippen LogP contribution in [0.4, 0.5) is 10.6 Å². The Kier molecular flexibility index (Phi) is 5.41. The number of halogens is 1. The number of nitriles is 1. The van der Waals surface area contributed by atoms with E-state index in [4.69, 9.17) is 14.4 Å². The first-order chi connectivity index (χ1) is 11.3. The van der Waals surface area contributed by atoms with Crippen molar-refractivity contribution in [2.75, 3.05) is 5.01 Å². The average Bonchev–Trinajstić information content (AvgIpc) is 2.98. The minimum absolute atomic E-state index is 0.0172. The first-order valence-electron chi connectivity index (χ1n) is 6.99. The summed E-state index contributed by atoms with van der Waals surface area (Å²) in [5, 5.41) is 10.4.